The van der Waals surface area contributed by atoms with Gasteiger partial charge in [0, 0.05) is 13.1 Å². The van der Waals surface area contributed by atoms with Crippen molar-refractivity contribution in [3.63, 3.8) is 0 Å². The third-order valence-corrected chi connectivity index (χ3v) is 3.20. The van der Waals surface area contributed by atoms with E-state index < -0.39 is 0 Å². The minimum Gasteiger partial charge on any atom is -0.507 e. The van der Waals surface area contributed by atoms with Crippen molar-refractivity contribution in [1.82, 2.24) is 4.90 Å². The number of amides is 1. The van der Waals surface area contributed by atoms with Gasteiger partial charge in [-0.1, -0.05) is 11.6 Å². The van der Waals surface area contributed by atoms with E-state index in [9.17, 15) is 9.90 Å². The first kappa shape index (κ1) is 13.8. The van der Waals surface area contributed by atoms with Gasteiger partial charge >= 0.3 is 0 Å². The van der Waals surface area contributed by atoms with Crippen molar-refractivity contribution in [2.24, 2.45) is 0 Å². The van der Waals surface area contributed by atoms with E-state index in [1.54, 1.807) is 17.0 Å². The Morgan fingerprint density at radius 3 is 2.89 bits per heavy atom. The summed E-state index contributed by atoms with van der Waals surface area (Å²) in [5.74, 6) is -0.245. The van der Waals surface area contributed by atoms with E-state index in [0.29, 0.717) is 18.7 Å². The number of aryl methyl sites for hydroxylation is 1. The van der Waals surface area contributed by atoms with Crippen LogP contribution in [0.3, 0.4) is 0 Å². The van der Waals surface area contributed by atoms with E-state index in [0.717, 1.165) is 5.56 Å². The average molecular weight is 265 g/mol. The molecule has 0 radical (unpaired) electrons. The Hall–Kier alpha value is -1.59. The highest BCUT2D eigenvalue weighted by atomic mass is 16.5. The van der Waals surface area contributed by atoms with E-state index in [-0.39, 0.29) is 30.5 Å². The number of hydrogen-bond acceptors (Lipinski definition) is 4. The first-order valence-electron chi connectivity index (χ1n) is 6.36. The monoisotopic (exact) mass is 265 g/mol. The lowest BCUT2D eigenvalue weighted by molar-refractivity contribution is -0.0859. The number of carbonyl (C=O) groups is 1. The molecule has 104 valence electrons. The minimum atomic E-state index is -0.361. The van der Waals surface area contributed by atoms with Crippen LogP contribution >= 0.6 is 0 Å². The molecular formula is C14H19NO4. The number of phenols is 1. The van der Waals surface area contributed by atoms with Crippen molar-refractivity contribution in [3.8, 4) is 5.75 Å². The number of nitrogens with zero attached hydrogens (tertiary/aromatic N) is 1. The zero-order valence-corrected chi connectivity index (χ0v) is 11.2. The standard InChI is InChI=1S/C14H19NO4/c1-9-3-4-13(17)12(5-9)14(18)15-6-10(2)19-11(7-15)8-16/h3-5,10-11,16-17H,6-8H2,1-2H3. The van der Waals surface area contributed by atoms with Gasteiger partial charge in [0.1, 0.15) is 5.75 Å². The third kappa shape index (κ3) is 3.05. The van der Waals surface area contributed by atoms with E-state index in [4.69, 9.17) is 9.84 Å². The van der Waals surface area contributed by atoms with Gasteiger partial charge in [0.05, 0.1) is 24.4 Å². The second-order valence-corrected chi connectivity index (χ2v) is 4.98. The smallest absolute Gasteiger partial charge is 0.257 e. The van der Waals surface area contributed by atoms with E-state index in [1.165, 1.54) is 6.07 Å². The molecule has 1 aliphatic heterocycles. The maximum atomic E-state index is 12.4. The molecule has 1 heterocycles. The fraction of sp³-hybridized carbons (Fsp3) is 0.500. The first-order valence-corrected chi connectivity index (χ1v) is 6.36. The number of rotatable bonds is 2. The number of hydrogen-bond donors (Lipinski definition) is 2. The predicted octanol–water partition coefficient (Wildman–Crippen LogP) is 0.922. The van der Waals surface area contributed by atoms with Crippen LogP contribution < -0.4 is 0 Å². The first-order chi connectivity index (χ1) is 9.01. The molecule has 1 aromatic rings. The molecule has 0 bridgehead atoms. The van der Waals surface area contributed by atoms with Crippen LogP contribution in [0.1, 0.15) is 22.8 Å². The summed E-state index contributed by atoms with van der Waals surface area (Å²) in [5.41, 5.74) is 1.21. The third-order valence-electron chi connectivity index (χ3n) is 3.20. The fourth-order valence-corrected chi connectivity index (χ4v) is 2.30. The summed E-state index contributed by atoms with van der Waals surface area (Å²) in [4.78, 5) is 14.0. The molecule has 1 fully saturated rings. The van der Waals surface area contributed by atoms with Crippen LogP contribution in [0, 0.1) is 6.92 Å². The molecule has 5 nitrogen and oxygen atoms in total. The van der Waals surface area contributed by atoms with Crippen LogP contribution in [0.5, 0.6) is 5.75 Å². The van der Waals surface area contributed by atoms with Crippen LogP contribution in [-0.2, 0) is 4.74 Å². The van der Waals surface area contributed by atoms with Crippen LogP contribution in [0.4, 0.5) is 0 Å². The summed E-state index contributed by atoms with van der Waals surface area (Å²) in [7, 11) is 0. The fourth-order valence-electron chi connectivity index (χ4n) is 2.30. The highest BCUT2D eigenvalue weighted by molar-refractivity contribution is 5.97. The lowest BCUT2D eigenvalue weighted by Crippen LogP contribution is -2.50. The van der Waals surface area contributed by atoms with Gasteiger partial charge in [-0.05, 0) is 26.0 Å². The normalized spacial score (nSPS) is 23.4. The second kappa shape index (κ2) is 5.59. The Morgan fingerprint density at radius 1 is 1.47 bits per heavy atom. The Labute approximate surface area is 112 Å². The number of carbonyl (C=O) groups excluding carboxylic acids is 1. The van der Waals surface area contributed by atoms with Crippen LogP contribution in [0.15, 0.2) is 18.2 Å². The Morgan fingerprint density at radius 2 is 2.21 bits per heavy atom. The molecule has 0 aromatic heterocycles. The van der Waals surface area contributed by atoms with Crippen molar-refractivity contribution >= 4 is 5.91 Å². The van der Waals surface area contributed by atoms with Crippen molar-refractivity contribution in [2.45, 2.75) is 26.1 Å². The molecule has 0 spiro atoms. The number of aromatic hydroxyl groups is 1. The highest BCUT2D eigenvalue weighted by Gasteiger charge is 2.29. The van der Waals surface area contributed by atoms with Gasteiger partial charge in [-0.3, -0.25) is 4.79 Å². The molecular weight excluding hydrogens is 246 g/mol. The average Bonchev–Trinajstić information content (AvgIpc) is 2.40. The van der Waals surface area contributed by atoms with Crippen molar-refractivity contribution in [1.29, 1.82) is 0 Å². The van der Waals surface area contributed by atoms with Crippen LogP contribution in [-0.4, -0.2) is 52.9 Å². The quantitative estimate of drug-likeness (QED) is 0.834. The summed E-state index contributed by atoms with van der Waals surface area (Å²) in [6.45, 7) is 4.41. The summed E-state index contributed by atoms with van der Waals surface area (Å²) in [6.07, 6.45) is -0.485. The van der Waals surface area contributed by atoms with Crippen molar-refractivity contribution < 1.29 is 19.7 Å². The molecule has 1 amide bonds. The summed E-state index contributed by atoms with van der Waals surface area (Å²) < 4.78 is 5.50. The highest BCUT2D eigenvalue weighted by Crippen LogP contribution is 2.22. The van der Waals surface area contributed by atoms with Gasteiger partial charge in [-0.15, -0.1) is 0 Å². The Kier molecular flexibility index (Phi) is 4.07. The molecule has 2 rings (SSSR count). The molecule has 1 saturated heterocycles. The largest absolute Gasteiger partial charge is 0.507 e. The zero-order valence-electron chi connectivity index (χ0n) is 11.2. The van der Waals surface area contributed by atoms with Crippen LogP contribution in [0.25, 0.3) is 0 Å². The number of aliphatic hydroxyl groups excluding tert-OH is 1. The summed E-state index contributed by atoms with van der Waals surface area (Å²) in [5, 5.41) is 19.0. The number of aliphatic hydroxyl groups is 1. The van der Waals surface area contributed by atoms with Gasteiger partial charge in [-0.2, -0.15) is 0 Å². The number of benzene rings is 1. The Bertz CT molecular complexity index is 475. The number of ether oxygens (including phenoxy) is 1. The SMILES string of the molecule is Cc1ccc(O)c(C(=O)N2CC(C)OC(CO)C2)c1. The number of morpholine rings is 1. The topological polar surface area (TPSA) is 70.0 Å². The molecule has 2 atom stereocenters. The molecule has 0 saturated carbocycles. The molecule has 2 N–H and O–H groups in total. The molecule has 19 heavy (non-hydrogen) atoms. The van der Waals surface area contributed by atoms with Crippen molar-refractivity contribution in [3.05, 3.63) is 29.3 Å². The van der Waals surface area contributed by atoms with Gasteiger partial charge in [0.15, 0.2) is 0 Å². The lowest BCUT2D eigenvalue weighted by Gasteiger charge is -2.36. The molecule has 2 unspecified atom stereocenters. The van der Waals surface area contributed by atoms with Gasteiger partial charge in [0.2, 0.25) is 0 Å². The lowest BCUT2D eigenvalue weighted by atomic mass is 10.1. The maximum Gasteiger partial charge on any atom is 0.257 e. The van der Waals surface area contributed by atoms with Crippen LogP contribution in [0.2, 0.25) is 0 Å². The van der Waals surface area contributed by atoms with Crippen molar-refractivity contribution in [2.75, 3.05) is 19.7 Å². The predicted molar refractivity (Wildman–Crippen MR) is 70.2 cm³/mol. The molecule has 0 aliphatic carbocycles. The van der Waals surface area contributed by atoms with Gasteiger partial charge in [0.25, 0.3) is 5.91 Å². The summed E-state index contributed by atoms with van der Waals surface area (Å²) in [6, 6.07) is 4.95. The second-order valence-electron chi connectivity index (χ2n) is 4.98. The van der Waals surface area contributed by atoms with Gasteiger partial charge < -0.3 is 19.8 Å². The maximum absolute atomic E-state index is 12.4. The Balaban J connectivity index is 2.21. The number of phenolic OH excluding ortho intramolecular Hbond substituents is 1. The van der Waals surface area contributed by atoms with E-state index in [2.05, 4.69) is 0 Å². The van der Waals surface area contributed by atoms with Gasteiger partial charge in [-0.25, -0.2) is 0 Å². The minimum absolute atomic E-state index is 0.0182. The molecule has 1 aromatic carbocycles. The molecule has 5 heteroatoms. The summed E-state index contributed by atoms with van der Waals surface area (Å²) >= 11 is 0. The zero-order chi connectivity index (χ0) is 14.0. The molecule has 1 aliphatic rings. The van der Waals surface area contributed by atoms with E-state index >= 15 is 0 Å². The van der Waals surface area contributed by atoms with E-state index in [1.807, 2.05) is 13.8 Å².